The zero-order valence-corrected chi connectivity index (χ0v) is 12.2. The van der Waals surface area contributed by atoms with E-state index >= 15 is 0 Å². The molecule has 1 aromatic carbocycles. The molecule has 2 N–H and O–H groups in total. The molecule has 0 aliphatic heterocycles. The number of hydrogen-bond donors (Lipinski definition) is 1. The Morgan fingerprint density at radius 3 is 2.75 bits per heavy atom. The number of nitrogens with two attached hydrogens (primary N) is 1. The van der Waals surface area contributed by atoms with E-state index < -0.39 is 4.92 Å². The Kier molecular flexibility index (Phi) is 4.31. The maximum Gasteiger partial charge on any atom is 0.292 e. The number of hydrogen-bond acceptors (Lipinski definition) is 6. The van der Waals surface area contributed by atoms with Gasteiger partial charge in [0.15, 0.2) is 0 Å². The van der Waals surface area contributed by atoms with Crippen molar-refractivity contribution < 1.29 is 4.92 Å². The van der Waals surface area contributed by atoms with E-state index in [2.05, 4.69) is 9.88 Å². The molecule has 0 aliphatic carbocycles. The standard InChI is InChI=1S/C13H16N4O2S/c1-9-13(20-8-15-9)7-16(2)6-10-3-4-12(17(18)19)11(14)5-10/h3-5,8H,6-7,14H2,1-2H3. The summed E-state index contributed by atoms with van der Waals surface area (Å²) in [4.78, 5) is 17.8. The van der Waals surface area contributed by atoms with Gasteiger partial charge in [0.2, 0.25) is 0 Å². The van der Waals surface area contributed by atoms with Gasteiger partial charge in [0.1, 0.15) is 5.69 Å². The number of thiazole rings is 1. The number of nitro benzene ring substituents is 1. The Bertz CT molecular complexity index is 627. The monoisotopic (exact) mass is 292 g/mol. The third kappa shape index (κ3) is 3.31. The summed E-state index contributed by atoms with van der Waals surface area (Å²) in [6.45, 7) is 3.47. The number of anilines is 1. The third-order valence-corrected chi connectivity index (χ3v) is 3.92. The van der Waals surface area contributed by atoms with Crippen LogP contribution in [0.2, 0.25) is 0 Å². The van der Waals surface area contributed by atoms with Crippen LogP contribution in [-0.4, -0.2) is 21.9 Å². The number of nitrogen functional groups attached to an aromatic ring is 1. The second-order valence-corrected chi connectivity index (χ2v) is 5.62. The lowest BCUT2D eigenvalue weighted by molar-refractivity contribution is -0.383. The molecule has 0 saturated heterocycles. The van der Waals surface area contributed by atoms with Crippen LogP contribution in [0.1, 0.15) is 16.1 Å². The molecule has 7 heteroatoms. The Morgan fingerprint density at radius 2 is 2.20 bits per heavy atom. The maximum absolute atomic E-state index is 10.7. The van der Waals surface area contributed by atoms with Crippen molar-refractivity contribution in [2.45, 2.75) is 20.0 Å². The zero-order chi connectivity index (χ0) is 14.7. The van der Waals surface area contributed by atoms with E-state index in [1.807, 2.05) is 19.5 Å². The van der Waals surface area contributed by atoms with Crippen molar-refractivity contribution in [1.82, 2.24) is 9.88 Å². The zero-order valence-electron chi connectivity index (χ0n) is 11.4. The normalized spacial score (nSPS) is 10.9. The van der Waals surface area contributed by atoms with Crippen LogP contribution in [0.25, 0.3) is 0 Å². The van der Waals surface area contributed by atoms with Crippen molar-refractivity contribution in [3.63, 3.8) is 0 Å². The van der Waals surface area contributed by atoms with Gasteiger partial charge in [-0.1, -0.05) is 6.07 Å². The number of benzene rings is 1. The molecule has 1 heterocycles. The second kappa shape index (κ2) is 5.98. The van der Waals surface area contributed by atoms with E-state index in [9.17, 15) is 10.1 Å². The van der Waals surface area contributed by atoms with Crippen LogP contribution in [-0.2, 0) is 13.1 Å². The molecular weight excluding hydrogens is 276 g/mol. The Labute approximate surface area is 121 Å². The van der Waals surface area contributed by atoms with Crippen LogP contribution in [0.5, 0.6) is 0 Å². The first-order valence-corrected chi connectivity index (χ1v) is 6.95. The van der Waals surface area contributed by atoms with Crippen LogP contribution in [0, 0.1) is 17.0 Å². The summed E-state index contributed by atoms with van der Waals surface area (Å²) >= 11 is 1.63. The summed E-state index contributed by atoms with van der Waals surface area (Å²) < 4.78 is 0. The Morgan fingerprint density at radius 1 is 1.45 bits per heavy atom. The van der Waals surface area contributed by atoms with Crippen molar-refractivity contribution in [3.8, 4) is 0 Å². The van der Waals surface area contributed by atoms with Crippen LogP contribution in [0.3, 0.4) is 0 Å². The first kappa shape index (κ1) is 14.4. The first-order valence-electron chi connectivity index (χ1n) is 6.07. The Balaban J connectivity index is 2.05. The van der Waals surface area contributed by atoms with E-state index in [0.29, 0.717) is 6.54 Å². The summed E-state index contributed by atoms with van der Waals surface area (Å²) in [6, 6.07) is 4.86. The minimum atomic E-state index is -0.469. The maximum atomic E-state index is 10.7. The van der Waals surface area contributed by atoms with Crippen molar-refractivity contribution in [2.75, 3.05) is 12.8 Å². The fraction of sp³-hybridized carbons (Fsp3) is 0.308. The molecule has 20 heavy (non-hydrogen) atoms. The molecular formula is C13H16N4O2S. The van der Waals surface area contributed by atoms with E-state index in [-0.39, 0.29) is 11.4 Å². The average Bonchev–Trinajstić information content (AvgIpc) is 2.74. The van der Waals surface area contributed by atoms with E-state index in [0.717, 1.165) is 17.8 Å². The molecule has 0 atom stereocenters. The molecule has 2 rings (SSSR count). The molecule has 0 aliphatic rings. The predicted molar refractivity (Wildman–Crippen MR) is 79.5 cm³/mol. The van der Waals surface area contributed by atoms with Gasteiger partial charge < -0.3 is 5.73 Å². The number of nitrogens with zero attached hydrogens (tertiary/aromatic N) is 3. The SMILES string of the molecule is Cc1ncsc1CN(C)Cc1ccc([N+](=O)[O-])c(N)c1. The van der Waals surface area contributed by atoms with Gasteiger partial charge in [-0.25, -0.2) is 4.98 Å². The van der Waals surface area contributed by atoms with Gasteiger partial charge in [-0.2, -0.15) is 0 Å². The lowest BCUT2D eigenvalue weighted by atomic mass is 10.1. The first-order chi connectivity index (χ1) is 9.47. The molecule has 0 bridgehead atoms. The van der Waals surface area contributed by atoms with Crippen LogP contribution in [0.15, 0.2) is 23.7 Å². The van der Waals surface area contributed by atoms with Gasteiger partial charge in [-0.3, -0.25) is 15.0 Å². The van der Waals surface area contributed by atoms with Crippen molar-refractivity contribution in [2.24, 2.45) is 0 Å². The summed E-state index contributed by atoms with van der Waals surface area (Å²) in [7, 11) is 2.00. The fourth-order valence-electron chi connectivity index (χ4n) is 1.96. The lowest BCUT2D eigenvalue weighted by Crippen LogP contribution is -2.17. The molecule has 1 aromatic heterocycles. The number of aryl methyl sites for hydroxylation is 1. The molecule has 106 valence electrons. The third-order valence-electron chi connectivity index (χ3n) is 3.00. The minimum absolute atomic E-state index is 0.0466. The smallest absolute Gasteiger partial charge is 0.292 e. The summed E-state index contributed by atoms with van der Waals surface area (Å²) in [5, 5.41) is 10.7. The van der Waals surface area contributed by atoms with Gasteiger partial charge in [0.05, 0.1) is 16.1 Å². The molecule has 0 saturated carbocycles. The van der Waals surface area contributed by atoms with Gasteiger partial charge in [-0.05, 0) is 25.6 Å². The molecule has 2 aromatic rings. The topological polar surface area (TPSA) is 85.3 Å². The van der Waals surface area contributed by atoms with Crippen molar-refractivity contribution >= 4 is 22.7 Å². The summed E-state index contributed by atoms with van der Waals surface area (Å²) in [5.74, 6) is 0. The van der Waals surface area contributed by atoms with E-state index in [1.54, 1.807) is 23.5 Å². The molecule has 0 unspecified atom stereocenters. The summed E-state index contributed by atoms with van der Waals surface area (Å²) in [5.41, 5.74) is 9.69. The highest BCUT2D eigenvalue weighted by Crippen LogP contribution is 2.23. The average molecular weight is 292 g/mol. The number of aromatic nitrogens is 1. The van der Waals surface area contributed by atoms with E-state index in [1.165, 1.54) is 10.9 Å². The predicted octanol–water partition coefficient (Wildman–Crippen LogP) is 2.57. The number of nitro groups is 1. The van der Waals surface area contributed by atoms with Gasteiger partial charge in [0.25, 0.3) is 5.69 Å². The molecule has 0 spiro atoms. The number of rotatable bonds is 5. The highest BCUT2D eigenvalue weighted by Gasteiger charge is 2.12. The van der Waals surface area contributed by atoms with Gasteiger partial charge in [-0.15, -0.1) is 11.3 Å². The Hall–Kier alpha value is -1.99. The second-order valence-electron chi connectivity index (χ2n) is 4.68. The highest BCUT2D eigenvalue weighted by molar-refractivity contribution is 7.09. The highest BCUT2D eigenvalue weighted by atomic mass is 32.1. The van der Waals surface area contributed by atoms with Crippen LogP contribution >= 0.6 is 11.3 Å². The minimum Gasteiger partial charge on any atom is -0.393 e. The van der Waals surface area contributed by atoms with E-state index in [4.69, 9.17) is 5.73 Å². The van der Waals surface area contributed by atoms with Crippen molar-refractivity contribution in [1.29, 1.82) is 0 Å². The largest absolute Gasteiger partial charge is 0.393 e. The fourth-order valence-corrected chi connectivity index (χ4v) is 2.82. The van der Waals surface area contributed by atoms with Gasteiger partial charge >= 0.3 is 0 Å². The van der Waals surface area contributed by atoms with Gasteiger partial charge in [0, 0.05) is 24.0 Å². The molecule has 0 amide bonds. The quantitative estimate of drug-likeness (QED) is 0.520. The van der Waals surface area contributed by atoms with Crippen LogP contribution in [0.4, 0.5) is 11.4 Å². The lowest BCUT2D eigenvalue weighted by Gasteiger charge is -2.16. The molecule has 0 fully saturated rings. The van der Waals surface area contributed by atoms with Crippen molar-refractivity contribution in [3.05, 3.63) is 50.0 Å². The van der Waals surface area contributed by atoms with Crippen LogP contribution < -0.4 is 5.73 Å². The molecule has 0 radical (unpaired) electrons. The summed E-state index contributed by atoms with van der Waals surface area (Å²) in [6.07, 6.45) is 0. The molecule has 6 nitrogen and oxygen atoms in total.